The van der Waals surface area contributed by atoms with E-state index >= 15 is 0 Å². The molecule has 1 amide bonds. The van der Waals surface area contributed by atoms with Crippen LogP contribution in [0.25, 0.3) is 0 Å². The smallest absolute Gasteiger partial charge is 0.217 e. The van der Waals surface area contributed by atoms with Gasteiger partial charge >= 0.3 is 0 Å². The zero-order valence-electron chi connectivity index (χ0n) is 12.7. The molecule has 116 valence electrons. The first-order valence-corrected chi connectivity index (χ1v) is 7.63. The van der Waals surface area contributed by atoms with Crippen molar-refractivity contribution in [3.8, 4) is 0 Å². The first-order chi connectivity index (χ1) is 10.7. The van der Waals surface area contributed by atoms with Gasteiger partial charge in [0.25, 0.3) is 0 Å². The van der Waals surface area contributed by atoms with E-state index in [1.54, 1.807) is 6.33 Å². The monoisotopic (exact) mass is 299 g/mol. The fraction of sp³-hybridized carbons (Fsp3) is 0.438. The predicted octanol–water partition coefficient (Wildman–Crippen LogP) is 1.78. The number of rotatable bonds is 5. The third-order valence-corrected chi connectivity index (χ3v) is 4.02. The second kappa shape index (κ2) is 6.70. The van der Waals surface area contributed by atoms with Gasteiger partial charge in [-0.05, 0) is 31.0 Å². The van der Waals surface area contributed by atoms with Crippen molar-refractivity contribution in [1.82, 2.24) is 25.2 Å². The average Bonchev–Trinajstić information content (AvgIpc) is 3.18. The molecule has 0 unspecified atom stereocenters. The first-order valence-electron chi connectivity index (χ1n) is 7.63. The number of carbonyl (C=O) groups is 1. The molecular weight excluding hydrogens is 278 g/mol. The number of likely N-dealkylation sites (tertiary alicyclic amines) is 1. The molecule has 2 aromatic heterocycles. The van der Waals surface area contributed by atoms with E-state index in [1.807, 2.05) is 18.5 Å². The van der Waals surface area contributed by atoms with Crippen LogP contribution >= 0.6 is 0 Å². The van der Waals surface area contributed by atoms with Crippen LogP contribution in [0.1, 0.15) is 42.8 Å². The Morgan fingerprint density at radius 3 is 3.05 bits per heavy atom. The highest BCUT2D eigenvalue weighted by molar-refractivity contribution is 5.72. The SMILES string of the molecule is CC(=O)NCc1ccc([C@@H]2CCCN2Cc2cnc[nH]2)nc1. The Bertz CT molecular complexity index is 608. The summed E-state index contributed by atoms with van der Waals surface area (Å²) in [5, 5.41) is 2.79. The molecule has 0 saturated carbocycles. The lowest BCUT2D eigenvalue weighted by Gasteiger charge is -2.23. The van der Waals surface area contributed by atoms with Gasteiger partial charge in [-0.15, -0.1) is 0 Å². The van der Waals surface area contributed by atoms with E-state index in [9.17, 15) is 4.79 Å². The number of pyridine rings is 1. The molecular formula is C16H21N5O. The molecule has 6 heteroatoms. The third-order valence-electron chi connectivity index (χ3n) is 4.02. The van der Waals surface area contributed by atoms with Crippen LogP contribution in [0.4, 0.5) is 0 Å². The van der Waals surface area contributed by atoms with Crippen molar-refractivity contribution >= 4 is 5.91 Å². The summed E-state index contributed by atoms with van der Waals surface area (Å²) in [6, 6.07) is 4.48. The molecule has 0 bridgehead atoms. The van der Waals surface area contributed by atoms with Crippen LogP contribution in [0.5, 0.6) is 0 Å². The molecule has 6 nitrogen and oxygen atoms in total. The van der Waals surface area contributed by atoms with Crippen molar-refractivity contribution < 1.29 is 4.79 Å². The number of amides is 1. The van der Waals surface area contributed by atoms with Crippen molar-refractivity contribution in [2.75, 3.05) is 6.54 Å². The molecule has 3 heterocycles. The van der Waals surface area contributed by atoms with Crippen molar-refractivity contribution in [3.63, 3.8) is 0 Å². The van der Waals surface area contributed by atoms with Gasteiger partial charge in [-0.2, -0.15) is 0 Å². The zero-order valence-corrected chi connectivity index (χ0v) is 12.7. The topological polar surface area (TPSA) is 73.9 Å². The van der Waals surface area contributed by atoms with Gasteiger partial charge in [0.1, 0.15) is 0 Å². The average molecular weight is 299 g/mol. The summed E-state index contributed by atoms with van der Waals surface area (Å²) in [6.45, 7) is 4.01. The van der Waals surface area contributed by atoms with Gasteiger partial charge in [0, 0.05) is 38.1 Å². The molecule has 1 aliphatic heterocycles. The maximum Gasteiger partial charge on any atom is 0.217 e. The van der Waals surface area contributed by atoms with Crippen LogP contribution < -0.4 is 5.32 Å². The predicted molar refractivity (Wildman–Crippen MR) is 82.7 cm³/mol. The number of carbonyl (C=O) groups excluding carboxylic acids is 1. The summed E-state index contributed by atoms with van der Waals surface area (Å²) in [6.07, 6.45) is 7.77. The molecule has 3 rings (SSSR count). The standard InChI is InChI=1S/C16H21N5O/c1-12(22)18-7-13-4-5-15(19-8-13)16-3-2-6-21(16)10-14-9-17-11-20-14/h4-5,8-9,11,16H,2-3,6-7,10H2,1H3,(H,17,20)(H,18,22)/t16-/m0/s1. The summed E-state index contributed by atoms with van der Waals surface area (Å²) in [5.74, 6) is -0.0226. The molecule has 0 aromatic carbocycles. The van der Waals surface area contributed by atoms with Gasteiger partial charge in [-0.1, -0.05) is 6.07 Å². The number of aromatic nitrogens is 3. The van der Waals surface area contributed by atoms with E-state index in [0.29, 0.717) is 12.6 Å². The van der Waals surface area contributed by atoms with Crippen molar-refractivity contribution in [2.24, 2.45) is 0 Å². The molecule has 2 aromatic rings. The maximum atomic E-state index is 10.9. The molecule has 1 aliphatic rings. The quantitative estimate of drug-likeness (QED) is 0.882. The Kier molecular flexibility index (Phi) is 4.48. The van der Waals surface area contributed by atoms with Crippen LogP contribution in [-0.4, -0.2) is 32.3 Å². The van der Waals surface area contributed by atoms with Crippen LogP contribution in [0.15, 0.2) is 30.9 Å². The van der Waals surface area contributed by atoms with E-state index in [4.69, 9.17) is 0 Å². The summed E-state index contributed by atoms with van der Waals surface area (Å²) in [5.41, 5.74) is 3.26. The Hall–Kier alpha value is -2.21. The van der Waals surface area contributed by atoms with Gasteiger partial charge in [0.05, 0.1) is 18.1 Å². The van der Waals surface area contributed by atoms with E-state index in [0.717, 1.165) is 36.5 Å². The molecule has 22 heavy (non-hydrogen) atoms. The minimum atomic E-state index is -0.0226. The summed E-state index contributed by atoms with van der Waals surface area (Å²) in [4.78, 5) is 25.2. The van der Waals surface area contributed by atoms with Gasteiger partial charge in [-0.25, -0.2) is 4.98 Å². The second-order valence-electron chi connectivity index (χ2n) is 5.71. The Morgan fingerprint density at radius 2 is 2.36 bits per heavy atom. The largest absolute Gasteiger partial charge is 0.352 e. The molecule has 2 N–H and O–H groups in total. The Morgan fingerprint density at radius 1 is 1.45 bits per heavy atom. The molecule has 1 saturated heterocycles. The molecule has 0 aliphatic carbocycles. The summed E-state index contributed by atoms with van der Waals surface area (Å²) < 4.78 is 0. The number of H-pyrrole nitrogens is 1. The van der Waals surface area contributed by atoms with Crippen molar-refractivity contribution in [2.45, 2.75) is 38.9 Å². The normalized spacial score (nSPS) is 18.5. The number of hydrogen-bond acceptors (Lipinski definition) is 4. The van der Waals surface area contributed by atoms with Gasteiger partial charge < -0.3 is 10.3 Å². The van der Waals surface area contributed by atoms with Crippen LogP contribution in [0, 0.1) is 0 Å². The van der Waals surface area contributed by atoms with Crippen molar-refractivity contribution in [3.05, 3.63) is 47.8 Å². The fourth-order valence-corrected chi connectivity index (χ4v) is 2.90. The number of aromatic amines is 1. The van der Waals surface area contributed by atoms with Gasteiger partial charge in [0.15, 0.2) is 0 Å². The summed E-state index contributed by atoms with van der Waals surface area (Å²) >= 11 is 0. The van der Waals surface area contributed by atoms with Crippen molar-refractivity contribution in [1.29, 1.82) is 0 Å². The number of imidazole rings is 1. The van der Waals surface area contributed by atoms with Crippen LogP contribution in [-0.2, 0) is 17.9 Å². The van der Waals surface area contributed by atoms with Crippen LogP contribution in [0.2, 0.25) is 0 Å². The minimum absolute atomic E-state index is 0.0226. The zero-order chi connectivity index (χ0) is 15.4. The number of hydrogen-bond donors (Lipinski definition) is 2. The Balaban J connectivity index is 1.65. The highest BCUT2D eigenvalue weighted by Gasteiger charge is 2.27. The maximum absolute atomic E-state index is 10.9. The van der Waals surface area contributed by atoms with E-state index in [2.05, 4.69) is 31.2 Å². The molecule has 0 spiro atoms. The molecule has 1 fully saturated rings. The third kappa shape index (κ3) is 3.51. The highest BCUT2D eigenvalue weighted by Crippen LogP contribution is 2.31. The Labute approximate surface area is 130 Å². The fourth-order valence-electron chi connectivity index (χ4n) is 2.90. The molecule has 1 atom stereocenters. The lowest BCUT2D eigenvalue weighted by Crippen LogP contribution is -2.24. The number of nitrogens with zero attached hydrogens (tertiary/aromatic N) is 3. The van der Waals surface area contributed by atoms with Crippen LogP contribution in [0.3, 0.4) is 0 Å². The second-order valence-corrected chi connectivity index (χ2v) is 5.71. The lowest BCUT2D eigenvalue weighted by molar-refractivity contribution is -0.119. The number of nitrogens with one attached hydrogen (secondary N) is 2. The highest BCUT2D eigenvalue weighted by atomic mass is 16.1. The van der Waals surface area contributed by atoms with E-state index < -0.39 is 0 Å². The molecule has 0 radical (unpaired) electrons. The summed E-state index contributed by atoms with van der Waals surface area (Å²) in [7, 11) is 0. The van der Waals surface area contributed by atoms with E-state index in [-0.39, 0.29) is 5.91 Å². The van der Waals surface area contributed by atoms with Gasteiger partial charge in [-0.3, -0.25) is 14.7 Å². The minimum Gasteiger partial charge on any atom is -0.352 e. The lowest BCUT2D eigenvalue weighted by atomic mass is 10.1. The van der Waals surface area contributed by atoms with Gasteiger partial charge in [0.2, 0.25) is 5.91 Å². The first kappa shape index (κ1) is 14.7. The van der Waals surface area contributed by atoms with E-state index in [1.165, 1.54) is 13.3 Å².